The van der Waals surface area contributed by atoms with Gasteiger partial charge in [0.05, 0.1) is 17.5 Å². The van der Waals surface area contributed by atoms with Crippen molar-refractivity contribution < 1.29 is 19.1 Å². The molecule has 0 aliphatic heterocycles. The smallest absolute Gasteiger partial charge is 0.312 e. The molecule has 0 aromatic heterocycles. The van der Waals surface area contributed by atoms with Gasteiger partial charge in [-0.2, -0.15) is 0 Å². The van der Waals surface area contributed by atoms with Crippen LogP contribution in [0.4, 0.5) is 4.79 Å². The molecular formula is C18H15Cl3N2O4. The summed E-state index contributed by atoms with van der Waals surface area (Å²) in [5.41, 5.74) is 5.85. The second-order valence-electron chi connectivity index (χ2n) is 5.49. The zero-order valence-corrected chi connectivity index (χ0v) is 16.1. The molecule has 0 bridgehead atoms. The maximum atomic E-state index is 12.2. The van der Waals surface area contributed by atoms with Crippen molar-refractivity contribution in [1.29, 1.82) is 0 Å². The largest absolute Gasteiger partial charge is 0.457 e. The van der Waals surface area contributed by atoms with Crippen molar-refractivity contribution in [1.82, 2.24) is 5.32 Å². The third-order valence-corrected chi connectivity index (χ3v) is 4.46. The molecule has 1 atom stereocenters. The van der Waals surface area contributed by atoms with E-state index >= 15 is 0 Å². The molecule has 9 heteroatoms. The van der Waals surface area contributed by atoms with Gasteiger partial charge in [0.1, 0.15) is 0 Å². The van der Waals surface area contributed by atoms with Crippen molar-refractivity contribution in [2.45, 2.75) is 12.5 Å². The van der Waals surface area contributed by atoms with Gasteiger partial charge in [0.2, 0.25) is 5.78 Å². The van der Waals surface area contributed by atoms with Crippen molar-refractivity contribution >= 4 is 52.6 Å². The molecule has 0 aliphatic rings. The molecule has 0 heterocycles. The fourth-order valence-electron chi connectivity index (χ4n) is 2.33. The lowest BCUT2D eigenvalue weighted by molar-refractivity contribution is -0.143. The van der Waals surface area contributed by atoms with Crippen LogP contribution in [0.3, 0.4) is 0 Å². The number of urea groups is 1. The minimum atomic E-state index is -0.822. The Kier molecular flexibility index (Phi) is 7.47. The second-order valence-corrected chi connectivity index (χ2v) is 6.75. The van der Waals surface area contributed by atoms with Crippen LogP contribution in [-0.2, 0) is 9.53 Å². The number of ether oxygens (including phenoxy) is 1. The summed E-state index contributed by atoms with van der Waals surface area (Å²) in [6.45, 7) is -0.508. The van der Waals surface area contributed by atoms with Crippen LogP contribution in [0.1, 0.15) is 28.4 Å². The third kappa shape index (κ3) is 6.13. The van der Waals surface area contributed by atoms with Gasteiger partial charge in [-0.3, -0.25) is 9.59 Å². The van der Waals surface area contributed by atoms with Gasteiger partial charge >= 0.3 is 12.0 Å². The van der Waals surface area contributed by atoms with Crippen LogP contribution >= 0.6 is 34.8 Å². The number of hydrogen-bond acceptors (Lipinski definition) is 4. The van der Waals surface area contributed by atoms with Crippen LogP contribution < -0.4 is 11.1 Å². The van der Waals surface area contributed by atoms with Gasteiger partial charge < -0.3 is 15.8 Å². The Morgan fingerprint density at radius 3 is 2.37 bits per heavy atom. The molecule has 2 aromatic carbocycles. The Morgan fingerprint density at radius 1 is 1.04 bits per heavy atom. The topological polar surface area (TPSA) is 98.5 Å². The monoisotopic (exact) mass is 428 g/mol. The third-order valence-electron chi connectivity index (χ3n) is 3.56. The Hall–Kier alpha value is -2.28. The average molecular weight is 430 g/mol. The van der Waals surface area contributed by atoms with Crippen LogP contribution in [0, 0.1) is 0 Å². The van der Waals surface area contributed by atoms with Gasteiger partial charge in [-0.1, -0.05) is 53.0 Å². The van der Waals surface area contributed by atoms with Crippen molar-refractivity contribution in [3.8, 4) is 0 Å². The maximum absolute atomic E-state index is 12.2. The molecule has 1 unspecified atom stereocenters. The second kappa shape index (κ2) is 9.60. The number of nitrogens with two attached hydrogens (primary N) is 1. The lowest BCUT2D eigenvalue weighted by Crippen LogP contribution is -2.35. The number of carbonyl (C=O) groups excluding carboxylic acids is 3. The number of Topliss-reactive ketones (excluding diaryl/α,β-unsaturated/α-hetero) is 1. The van der Waals surface area contributed by atoms with E-state index in [2.05, 4.69) is 5.32 Å². The summed E-state index contributed by atoms with van der Waals surface area (Å²) in [7, 11) is 0. The predicted molar refractivity (Wildman–Crippen MR) is 103 cm³/mol. The van der Waals surface area contributed by atoms with E-state index in [1.54, 1.807) is 24.3 Å². The SMILES string of the molecule is NC(=O)NC(CC(=O)OCC(=O)c1ccc(Cl)cc1Cl)c1ccccc1Cl. The number of primary amides is 1. The zero-order valence-electron chi connectivity index (χ0n) is 13.9. The number of amides is 2. The number of carbonyl (C=O) groups is 3. The Bertz CT molecular complexity index is 873. The van der Waals surface area contributed by atoms with Crippen LogP contribution in [0.25, 0.3) is 0 Å². The van der Waals surface area contributed by atoms with Gasteiger partial charge in [-0.25, -0.2) is 4.79 Å². The van der Waals surface area contributed by atoms with E-state index in [0.717, 1.165) is 0 Å². The van der Waals surface area contributed by atoms with Gasteiger partial charge in [-0.15, -0.1) is 0 Å². The normalized spacial score (nSPS) is 11.5. The van der Waals surface area contributed by atoms with E-state index < -0.39 is 30.4 Å². The van der Waals surface area contributed by atoms with Crippen molar-refractivity contribution in [3.05, 3.63) is 68.7 Å². The first-order valence-electron chi connectivity index (χ1n) is 7.72. The quantitative estimate of drug-likeness (QED) is 0.509. The standard InChI is InChI=1S/C18H15Cl3N2O4/c19-10-5-6-12(14(21)7-10)16(24)9-27-17(25)8-15(23-18(22)26)11-3-1-2-4-13(11)20/h1-7,15H,8-9H2,(H3,22,23,26). The summed E-state index contributed by atoms with van der Waals surface area (Å²) in [4.78, 5) is 35.5. The van der Waals surface area contributed by atoms with E-state index in [-0.39, 0.29) is 17.0 Å². The fourth-order valence-corrected chi connectivity index (χ4v) is 3.11. The zero-order chi connectivity index (χ0) is 20.0. The molecule has 6 nitrogen and oxygen atoms in total. The molecule has 27 heavy (non-hydrogen) atoms. The summed E-state index contributed by atoms with van der Waals surface area (Å²) in [6, 6.07) is 9.43. The van der Waals surface area contributed by atoms with E-state index in [4.69, 9.17) is 45.3 Å². The summed E-state index contributed by atoms with van der Waals surface area (Å²) < 4.78 is 5.00. The van der Waals surface area contributed by atoms with Gasteiger partial charge in [-0.05, 0) is 29.8 Å². The van der Waals surface area contributed by atoms with Crippen molar-refractivity contribution in [2.75, 3.05) is 6.61 Å². The highest BCUT2D eigenvalue weighted by atomic mass is 35.5. The van der Waals surface area contributed by atoms with Crippen LogP contribution in [-0.4, -0.2) is 24.4 Å². The van der Waals surface area contributed by atoms with Crippen LogP contribution in [0.5, 0.6) is 0 Å². The molecule has 142 valence electrons. The molecule has 2 rings (SSSR count). The Morgan fingerprint density at radius 2 is 1.74 bits per heavy atom. The number of ketones is 1. The maximum Gasteiger partial charge on any atom is 0.312 e. The number of hydrogen-bond donors (Lipinski definition) is 2. The van der Waals surface area contributed by atoms with Gasteiger partial charge in [0.15, 0.2) is 6.61 Å². The number of rotatable bonds is 7. The van der Waals surface area contributed by atoms with E-state index in [9.17, 15) is 14.4 Å². The molecule has 0 aliphatic carbocycles. The minimum Gasteiger partial charge on any atom is -0.457 e. The highest BCUT2D eigenvalue weighted by molar-refractivity contribution is 6.36. The van der Waals surface area contributed by atoms with E-state index in [1.807, 2.05) is 0 Å². The average Bonchev–Trinajstić information content (AvgIpc) is 2.59. The van der Waals surface area contributed by atoms with Crippen molar-refractivity contribution in [3.63, 3.8) is 0 Å². The van der Waals surface area contributed by atoms with Crippen LogP contribution in [0.2, 0.25) is 15.1 Å². The first-order valence-corrected chi connectivity index (χ1v) is 8.85. The summed E-state index contributed by atoms with van der Waals surface area (Å²) in [5.74, 6) is -1.20. The predicted octanol–water partition coefficient (Wildman–Crippen LogP) is 4.17. The van der Waals surface area contributed by atoms with Crippen LogP contribution in [0.15, 0.2) is 42.5 Å². The Balaban J connectivity index is 2.02. The minimum absolute atomic E-state index is 0.160. The molecule has 0 saturated carbocycles. The van der Waals surface area contributed by atoms with E-state index in [1.165, 1.54) is 18.2 Å². The number of nitrogens with one attached hydrogen (secondary N) is 1. The summed E-state index contributed by atoms with van der Waals surface area (Å²) in [6.07, 6.45) is -0.256. The van der Waals surface area contributed by atoms with E-state index in [0.29, 0.717) is 15.6 Å². The lowest BCUT2D eigenvalue weighted by atomic mass is 10.0. The Labute approximate surface area is 170 Å². The molecule has 2 aromatic rings. The lowest BCUT2D eigenvalue weighted by Gasteiger charge is -2.18. The molecule has 0 fully saturated rings. The molecule has 0 radical (unpaired) electrons. The molecule has 2 amide bonds. The highest BCUT2D eigenvalue weighted by Gasteiger charge is 2.21. The summed E-state index contributed by atoms with van der Waals surface area (Å²) >= 11 is 17.8. The fraction of sp³-hybridized carbons (Fsp3) is 0.167. The number of esters is 1. The number of halogens is 3. The number of benzene rings is 2. The molecule has 3 N–H and O–H groups in total. The first kappa shape index (κ1) is 21.0. The van der Waals surface area contributed by atoms with Crippen molar-refractivity contribution in [2.24, 2.45) is 5.73 Å². The molecule has 0 saturated heterocycles. The summed E-state index contributed by atoms with van der Waals surface area (Å²) in [5, 5.41) is 3.33. The highest BCUT2D eigenvalue weighted by Crippen LogP contribution is 2.26. The molecular weight excluding hydrogens is 415 g/mol. The first-order chi connectivity index (χ1) is 12.8. The van der Waals surface area contributed by atoms with Gasteiger partial charge in [0, 0.05) is 15.6 Å². The van der Waals surface area contributed by atoms with Gasteiger partial charge in [0.25, 0.3) is 0 Å². The molecule has 0 spiro atoms.